The van der Waals surface area contributed by atoms with Crippen molar-refractivity contribution in [2.75, 3.05) is 25.0 Å². The fraction of sp³-hybridized carbons (Fsp3) is 0.227. The fourth-order valence-corrected chi connectivity index (χ4v) is 3.25. The second-order valence-corrected chi connectivity index (χ2v) is 7.31. The van der Waals surface area contributed by atoms with E-state index in [0.29, 0.717) is 30.2 Å². The summed E-state index contributed by atoms with van der Waals surface area (Å²) in [5.74, 6) is -0.218. The summed E-state index contributed by atoms with van der Waals surface area (Å²) in [6.45, 7) is 4.84. The fourth-order valence-electron chi connectivity index (χ4n) is 3.01. The highest BCUT2D eigenvalue weighted by Crippen LogP contribution is 2.28. The lowest BCUT2D eigenvalue weighted by atomic mass is 10.2. The van der Waals surface area contributed by atoms with E-state index in [1.54, 1.807) is 17.0 Å². The number of carbonyl (C=O) groups is 2. The lowest BCUT2D eigenvalue weighted by molar-refractivity contribution is -0.384. The van der Waals surface area contributed by atoms with Crippen LogP contribution >= 0.6 is 11.6 Å². The van der Waals surface area contributed by atoms with Gasteiger partial charge in [-0.25, -0.2) is 4.68 Å². The Kier molecular flexibility index (Phi) is 7.62. The quantitative estimate of drug-likeness (QED) is 0.373. The summed E-state index contributed by atoms with van der Waals surface area (Å²) in [5, 5.41) is 17.9. The van der Waals surface area contributed by atoms with Crippen LogP contribution in [0.25, 0.3) is 5.69 Å². The molecule has 2 amide bonds. The standard InChI is InChI=1S/C22H22ClN5O5/c1-3-26(4-2)21(29)14-33-20-10-5-16(11-19(20)23)25-22(30)15-12-24-27(13-15)17-6-8-18(9-7-17)28(31)32/h5-13H,3-4,14H2,1-2H3,(H,25,30). The number of carbonyl (C=O) groups excluding carboxylic acids is 2. The summed E-state index contributed by atoms with van der Waals surface area (Å²) in [7, 11) is 0. The Labute approximate surface area is 194 Å². The minimum Gasteiger partial charge on any atom is -0.482 e. The van der Waals surface area contributed by atoms with Crippen LogP contribution < -0.4 is 10.1 Å². The number of nitrogens with zero attached hydrogens (tertiary/aromatic N) is 4. The van der Waals surface area contributed by atoms with E-state index >= 15 is 0 Å². The summed E-state index contributed by atoms with van der Waals surface area (Å²) < 4.78 is 6.95. The molecule has 0 saturated heterocycles. The minimum atomic E-state index is -0.490. The van der Waals surface area contributed by atoms with Crippen molar-refractivity contribution < 1.29 is 19.2 Å². The predicted molar refractivity (Wildman–Crippen MR) is 123 cm³/mol. The number of likely N-dealkylation sites (N-methyl/N-ethyl adjacent to an activating group) is 1. The van der Waals surface area contributed by atoms with E-state index in [2.05, 4.69) is 10.4 Å². The van der Waals surface area contributed by atoms with Crippen molar-refractivity contribution >= 4 is 34.8 Å². The predicted octanol–water partition coefficient (Wildman–Crippen LogP) is 3.93. The van der Waals surface area contributed by atoms with Gasteiger partial charge in [0.2, 0.25) is 0 Å². The van der Waals surface area contributed by atoms with Gasteiger partial charge in [-0.2, -0.15) is 5.10 Å². The van der Waals surface area contributed by atoms with Crippen LogP contribution in [0.4, 0.5) is 11.4 Å². The number of halogens is 1. The zero-order valence-corrected chi connectivity index (χ0v) is 18.8. The largest absolute Gasteiger partial charge is 0.482 e. The number of benzene rings is 2. The molecular weight excluding hydrogens is 450 g/mol. The number of non-ortho nitro benzene ring substituents is 1. The number of nitro benzene ring substituents is 1. The number of hydrogen-bond donors (Lipinski definition) is 1. The highest BCUT2D eigenvalue weighted by molar-refractivity contribution is 6.32. The Balaban J connectivity index is 1.63. The van der Waals surface area contributed by atoms with Crippen LogP contribution in [-0.4, -0.2) is 51.1 Å². The molecule has 3 aromatic rings. The van der Waals surface area contributed by atoms with Crippen LogP contribution in [0, 0.1) is 10.1 Å². The first-order valence-electron chi connectivity index (χ1n) is 10.1. The van der Waals surface area contributed by atoms with Gasteiger partial charge in [-0.05, 0) is 44.2 Å². The zero-order valence-electron chi connectivity index (χ0n) is 18.0. The molecule has 0 atom stereocenters. The average Bonchev–Trinajstić information content (AvgIpc) is 3.30. The number of amides is 2. The topological polar surface area (TPSA) is 120 Å². The van der Waals surface area contributed by atoms with Crippen LogP contribution in [-0.2, 0) is 4.79 Å². The molecule has 0 fully saturated rings. The number of anilines is 1. The summed E-state index contributed by atoms with van der Waals surface area (Å²) in [6.07, 6.45) is 2.89. The van der Waals surface area contributed by atoms with Gasteiger partial charge in [0.15, 0.2) is 6.61 Å². The molecule has 2 aromatic carbocycles. The highest BCUT2D eigenvalue weighted by atomic mass is 35.5. The Morgan fingerprint density at radius 1 is 1.18 bits per heavy atom. The molecule has 1 N–H and O–H groups in total. The van der Waals surface area contributed by atoms with Gasteiger partial charge in [0.1, 0.15) is 5.75 Å². The van der Waals surface area contributed by atoms with Gasteiger partial charge in [-0.3, -0.25) is 19.7 Å². The molecule has 0 unspecified atom stereocenters. The normalized spacial score (nSPS) is 10.5. The van der Waals surface area contributed by atoms with E-state index in [4.69, 9.17) is 16.3 Å². The zero-order chi connectivity index (χ0) is 24.0. The Hall–Kier alpha value is -3.92. The first-order valence-corrected chi connectivity index (χ1v) is 10.5. The van der Waals surface area contributed by atoms with E-state index in [-0.39, 0.29) is 28.8 Å². The van der Waals surface area contributed by atoms with Crippen molar-refractivity contribution in [3.8, 4) is 11.4 Å². The lowest BCUT2D eigenvalue weighted by Crippen LogP contribution is -2.34. The van der Waals surface area contributed by atoms with Gasteiger partial charge >= 0.3 is 0 Å². The first-order chi connectivity index (χ1) is 15.8. The van der Waals surface area contributed by atoms with E-state index in [1.165, 1.54) is 47.4 Å². The monoisotopic (exact) mass is 471 g/mol. The molecule has 11 heteroatoms. The summed E-state index contributed by atoms with van der Waals surface area (Å²) in [6, 6.07) is 10.5. The van der Waals surface area contributed by atoms with Crippen LogP contribution in [0.3, 0.4) is 0 Å². The van der Waals surface area contributed by atoms with E-state index in [9.17, 15) is 19.7 Å². The smallest absolute Gasteiger partial charge is 0.269 e. The van der Waals surface area contributed by atoms with E-state index in [1.807, 2.05) is 13.8 Å². The van der Waals surface area contributed by atoms with Crippen molar-refractivity contribution in [2.45, 2.75) is 13.8 Å². The van der Waals surface area contributed by atoms with Crippen LogP contribution in [0.5, 0.6) is 5.75 Å². The number of rotatable bonds is 9. The molecular formula is C22H22ClN5O5. The van der Waals surface area contributed by atoms with Crippen LogP contribution in [0.15, 0.2) is 54.9 Å². The Morgan fingerprint density at radius 2 is 1.88 bits per heavy atom. The Morgan fingerprint density at radius 3 is 2.48 bits per heavy atom. The third-order valence-corrected chi connectivity index (χ3v) is 5.12. The maximum Gasteiger partial charge on any atom is 0.269 e. The molecule has 10 nitrogen and oxygen atoms in total. The van der Waals surface area contributed by atoms with Crippen molar-refractivity contribution in [1.29, 1.82) is 0 Å². The maximum absolute atomic E-state index is 12.6. The summed E-state index contributed by atoms with van der Waals surface area (Å²) >= 11 is 6.24. The molecule has 0 aliphatic heterocycles. The van der Waals surface area contributed by atoms with Crippen molar-refractivity contribution in [1.82, 2.24) is 14.7 Å². The number of ether oxygens (including phenoxy) is 1. The number of aromatic nitrogens is 2. The SMILES string of the molecule is CCN(CC)C(=O)COc1ccc(NC(=O)c2cnn(-c3ccc([N+](=O)[O-])cc3)c2)cc1Cl. The van der Waals surface area contributed by atoms with Crippen molar-refractivity contribution in [2.24, 2.45) is 0 Å². The molecule has 172 valence electrons. The van der Waals surface area contributed by atoms with Gasteiger partial charge in [0.25, 0.3) is 17.5 Å². The van der Waals surface area contributed by atoms with Gasteiger partial charge in [-0.1, -0.05) is 11.6 Å². The molecule has 0 aliphatic carbocycles. The molecule has 1 aromatic heterocycles. The van der Waals surface area contributed by atoms with Gasteiger partial charge in [-0.15, -0.1) is 0 Å². The highest BCUT2D eigenvalue weighted by Gasteiger charge is 2.14. The second kappa shape index (κ2) is 10.6. The molecule has 0 bridgehead atoms. The van der Waals surface area contributed by atoms with Gasteiger partial charge in [0, 0.05) is 37.1 Å². The lowest BCUT2D eigenvalue weighted by Gasteiger charge is -2.19. The third-order valence-electron chi connectivity index (χ3n) is 4.83. The van der Waals surface area contributed by atoms with E-state index < -0.39 is 10.8 Å². The molecule has 0 radical (unpaired) electrons. The van der Waals surface area contributed by atoms with Crippen LogP contribution in [0.2, 0.25) is 5.02 Å². The number of nitrogens with one attached hydrogen (secondary N) is 1. The summed E-state index contributed by atoms with van der Waals surface area (Å²) in [4.78, 5) is 36.6. The van der Waals surface area contributed by atoms with Crippen molar-refractivity contribution in [3.05, 3.63) is 75.6 Å². The molecule has 0 spiro atoms. The number of hydrogen-bond acceptors (Lipinski definition) is 6. The molecule has 33 heavy (non-hydrogen) atoms. The number of nitro groups is 1. The maximum atomic E-state index is 12.6. The average molecular weight is 472 g/mol. The summed E-state index contributed by atoms with van der Waals surface area (Å²) in [5.41, 5.74) is 1.26. The van der Waals surface area contributed by atoms with Crippen molar-refractivity contribution in [3.63, 3.8) is 0 Å². The third kappa shape index (κ3) is 5.86. The molecule has 0 aliphatic rings. The Bertz CT molecular complexity index is 1160. The van der Waals surface area contributed by atoms with Gasteiger partial charge < -0.3 is 15.0 Å². The van der Waals surface area contributed by atoms with E-state index in [0.717, 1.165) is 0 Å². The molecule has 3 rings (SSSR count). The van der Waals surface area contributed by atoms with Crippen LogP contribution in [0.1, 0.15) is 24.2 Å². The van der Waals surface area contributed by atoms with Gasteiger partial charge in [0.05, 0.1) is 27.4 Å². The molecule has 1 heterocycles. The second-order valence-electron chi connectivity index (χ2n) is 6.90. The molecule has 0 saturated carbocycles. The first kappa shape index (κ1) is 23.7. The minimum absolute atomic E-state index is 0.0365.